The first-order valence-electron chi connectivity index (χ1n) is 6.87. The lowest BCUT2D eigenvalue weighted by Crippen LogP contribution is -2.42. The number of halogens is 1. The van der Waals surface area contributed by atoms with Gasteiger partial charge in [0, 0.05) is 32.1 Å². The molecular weight excluding hydrogens is 322 g/mol. The molecule has 2 amide bonds. The minimum absolute atomic E-state index is 0.135. The van der Waals surface area contributed by atoms with Crippen LogP contribution in [0.3, 0.4) is 0 Å². The molecule has 2 aromatic rings. The molecule has 0 spiro atoms. The zero-order valence-corrected chi connectivity index (χ0v) is 14.1. The molecule has 0 saturated carbocycles. The Morgan fingerprint density at radius 1 is 1.50 bits per heavy atom. The second-order valence-corrected chi connectivity index (χ2v) is 5.41. The number of carbonyl (C=O) groups excluding carboxylic acids is 1. The molecule has 0 aliphatic carbocycles. The average Bonchev–Trinajstić information content (AvgIpc) is 2.94. The van der Waals surface area contributed by atoms with Crippen molar-refractivity contribution in [3.63, 3.8) is 0 Å². The Morgan fingerprint density at radius 3 is 2.86 bits per heavy atom. The van der Waals surface area contributed by atoms with E-state index in [4.69, 9.17) is 11.6 Å². The predicted molar refractivity (Wildman–Crippen MR) is 91.3 cm³/mol. The van der Waals surface area contributed by atoms with Gasteiger partial charge in [0.1, 0.15) is 5.69 Å². The fourth-order valence-corrected chi connectivity index (χ4v) is 2.51. The largest absolute Gasteiger partial charge is 0.324 e. The third kappa shape index (κ3) is 3.53. The molecule has 0 aliphatic rings. The molecule has 22 heavy (non-hydrogen) atoms. The normalized spacial score (nSPS) is 10.5. The van der Waals surface area contributed by atoms with Crippen LogP contribution in [0.25, 0.3) is 5.69 Å². The molecule has 2 rings (SSSR count). The van der Waals surface area contributed by atoms with Gasteiger partial charge in [0.15, 0.2) is 5.15 Å². The van der Waals surface area contributed by atoms with Gasteiger partial charge in [0.2, 0.25) is 0 Å². The zero-order valence-electron chi connectivity index (χ0n) is 12.5. The van der Waals surface area contributed by atoms with E-state index < -0.39 is 0 Å². The van der Waals surface area contributed by atoms with Crippen molar-refractivity contribution in [3.8, 4) is 5.69 Å². The van der Waals surface area contributed by atoms with Gasteiger partial charge < -0.3 is 4.90 Å². The number of hydrogen-bond donors (Lipinski definition) is 1. The summed E-state index contributed by atoms with van der Waals surface area (Å²) >= 11 is 10.4. The van der Waals surface area contributed by atoms with Crippen molar-refractivity contribution >= 4 is 35.9 Å². The van der Waals surface area contributed by atoms with E-state index in [0.717, 1.165) is 5.69 Å². The van der Waals surface area contributed by atoms with Crippen molar-refractivity contribution in [3.05, 3.63) is 35.9 Å². The van der Waals surface area contributed by atoms with Gasteiger partial charge in [-0.3, -0.25) is 9.88 Å². The third-order valence-corrected chi connectivity index (χ3v) is 3.70. The van der Waals surface area contributed by atoms with E-state index in [0.29, 0.717) is 24.5 Å². The molecule has 0 atom stereocenters. The van der Waals surface area contributed by atoms with Gasteiger partial charge in [-0.15, -0.1) is 0 Å². The molecule has 0 aliphatic heterocycles. The molecule has 0 bridgehead atoms. The van der Waals surface area contributed by atoms with E-state index in [2.05, 4.69) is 22.7 Å². The van der Waals surface area contributed by atoms with Crippen LogP contribution < -0.4 is 4.90 Å². The van der Waals surface area contributed by atoms with Crippen molar-refractivity contribution in [2.75, 3.05) is 30.8 Å². The van der Waals surface area contributed by atoms with Gasteiger partial charge in [0.05, 0.1) is 18.1 Å². The Balaban J connectivity index is 2.25. The average molecular weight is 340 g/mol. The summed E-state index contributed by atoms with van der Waals surface area (Å²) in [4.78, 5) is 19.7. The van der Waals surface area contributed by atoms with Gasteiger partial charge in [-0.05, 0) is 19.1 Å². The van der Waals surface area contributed by atoms with Crippen molar-refractivity contribution in [2.24, 2.45) is 0 Å². The highest BCUT2D eigenvalue weighted by Crippen LogP contribution is 2.25. The topological polar surface area (TPSA) is 54.3 Å². The Hall–Kier alpha value is -1.73. The third-order valence-electron chi connectivity index (χ3n) is 3.23. The smallest absolute Gasteiger partial charge is 0.324 e. The first-order valence-corrected chi connectivity index (χ1v) is 7.88. The Labute approximate surface area is 140 Å². The van der Waals surface area contributed by atoms with Crippen LogP contribution in [0.5, 0.6) is 0 Å². The first-order chi connectivity index (χ1) is 10.6. The van der Waals surface area contributed by atoms with Crippen LogP contribution >= 0.6 is 24.2 Å². The Bertz CT molecular complexity index is 633. The number of nitrogens with zero attached hydrogens (tertiary/aromatic N) is 5. The highest BCUT2D eigenvalue weighted by atomic mass is 35.5. The van der Waals surface area contributed by atoms with Gasteiger partial charge in [-0.25, -0.2) is 9.48 Å². The summed E-state index contributed by atoms with van der Waals surface area (Å²) in [6.07, 6.45) is 5.07. The van der Waals surface area contributed by atoms with Crippen LogP contribution in [0.4, 0.5) is 10.5 Å². The van der Waals surface area contributed by atoms with E-state index in [1.807, 2.05) is 19.1 Å². The lowest BCUT2D eigenvalue weighted by molar-refractivity contribution is 0.212. The van der Waals surface area contributed by atoms with E-state index in [-0.39, 0.29) is 11.2 Å². The summed E-state index contributed by atoms with van der Waals surface area (Å²) in [5, 5.41) is 4.50. The fourth-order valence-electron chi connectivity index (χ4n) is 2.02. The van der Waals surface area contributed by atoms with Crippen LogP contribution in [0.15, 0.2) is 30.7 Å². The summed E-state index contributed by atoms with van der Waals surface area (Å²) in [6, 6.07) is 3.54. The molecule has 2 heterocycles. The zero-order chi connectivity index (χ0) is 16.1. The molecule has 0 unspecified atom stereocenters. The maximum absolute atomic E-state index is 12.5. The van der Waals surface area contributed by atoms with E-state index in [1.165, 1.54) is 4.90 Å². The number of carbonyl (C=O) groups is 1. The van der Waals surface area contributed by atoms with Gasteiger partial charge in [-0.2, -0.15) is 17.7 Å². The van der Waals surface area contributed by atoms with Crippen LogP contribution in [-0.4, -0.2) is 51.6 Å². The SMILES string of the molecule is CCN(CCS)C(=O)N(C)c1cn(-c2cccnc2)nc1Cl. The summed E-state index contributed by atoms with van der Waals surface area (Å²) in [5.74, 6) is 0.607. The van der Waals surface area contributed by atoms with Crippen molar-refractivity contribution in [2.45, 2.75) is 6.92 Å². The monoisotopic (exact) mass is 339 g/mol. The lowest BCUT2D eigenvalue weighted by Gasteiger charge is -2.26. The fraction of sp³-hybridized carbons (Fsp3) is 0.357. The number of aromatic nitrogens is 3. The number of rotatable bonds is 5. The molecule has 8 heteroatoms. The van der Waals surface area contributed by atoms with E-state index in [9.17, 15) is 4.79 Å². The van der Waals surface area contributed by atoms with Crippen LogP contribution in [0.1, 0.15) is 6.92 Å². The number of thiol groups is 1. The Morgan fingerprint density at radius 2 is 2.27 bits per heavy atom. The summed E-state index contributed by atoms with van der Waals surface area (Å²) in [7, 11) is 1.68. The van der Waals surface area contributed by atoms with Crippen LogP contribution in [0, 0.1) is 0 Å². The van der Waals surface area contributed by atoms with Gasteiger partial charge >= 0.3 is 6.03 Å². The second-order valence-electron chi connectivity index (χ2n) is 4.61. The maximum Gasteiger partial charge on any atom is 0.324 e. The van der Waals surface area contributed by atoms with Crippen molar-refractivity contribution in [1.29, 1.82) is 0 Å². The summed E-state index contributed by atoms with van der Waals surface area (Å²) in [6.45, 7) is 3.12. The first kappa shape index (κ1) is 16.6. The summed E-state index contributed by atoms with van der Waals surface area (Å²) < 4.78 is 1.60. The van der Waals surface area contributed by atoms with Gasteiger partial charge in [0.25, 0.3) is 0 Å². The number of hydrogen-bond acceptors (Lipinski definition) is 4. The van der Waals surface area contributed by atoms with E-state index >= 15 is 0 Å². The molecule has 118 valence electrons. The minimum Gasteiger partial charge on any atom is -0.324 e. The quantitative estimate of drug-likeness (QED) is 0.852. The number of anilines is 1. The van der Waals surface area contributed by atoms with Crippen molar-refractivity contribution in [1.82, 2.24) is 19.7 Å². The molecule has 0 N–H and O–H groups in total. The molecule has 0 fully saturated rings. The number of pyridine rings is 1. The lowest BCUT2D eigenvalue weighted by atomic mass is 10.4. The van der Waals surface area contributed by atoms with Gasteiger partial charge in [-0.1, -0.05) is 11.6 Å². The Kier molecular flexibility index (Phi) is 5.68. The standard InChI is InChI=1S/C14H18ClN5OS/c1-3-19(7-8-22)14(21)18(2)12-10-20(17-13(12)15)11-5-4-6-16-9-11/h4-6,9-10,22H,3,7-8H2,1-2H3. The van der Waals surface area contributed by atoms with E-state index in [1.54, 1.807) is 35.2 Å². The maximum atomic E-state index is 12.5. The molecule has 2 aromatic heterocycles. The number of urea groups is 1. The highest BCUT2D eigenvalue weighted by molar-refractivity contribution is 7.80. The molecule has 0 aromatic carbocycles. The minimum atomic E-state index is -0.135. The van der Waals surface area contributed by atoms with Crippen molar-refractivity contribution < 1.29 is 4.79 Å². The highest BCUT2D eigenvalue weighted by Gasteiger charge is 2.21. The second kappa shape index (κ2) is 7.51. The molecule has 0 saturated heterocycles. The molecule has 6 nitrogen and oxygen atoms in total. The molecular formula is C14H18ClN5OS. The molecule has 0 radical (unpaired) electrons. The van der Waals surface area contributed by atoms with Crippen LogP contribution in [-0.2, 0) is 0 Å². The van der Waals surface area contributed by atoms with Crippen LogP contribution in [0.2, 0.25) is 5.15 Å². The predicted octanol–water partition coefficient (Wildman–Crippen LogP) is 2.73. The number of amides is 2. The summed E-state index contributed by atoms with van der Waals surface area (Å²) in [5.41, 5.74) is 1.33.